The number of carboxylic acid groups (broad SMARTS) is 2. The Morgan fingerprint density at radius 2 is 2.00 bits per heavy atom. The van der Waals surface area contributed by atoms with Crippen molar-refractivity contribution in [2.75, 3.05) is 0 Å². The normalized spacial score (nSPS) is 12.4. The van der Waals surface area contributed by atoms with Crippen LogP contribution in [0.25, 0.3) is 0 Å². The molecule has 0 aliphatic rings. The zero-order chi connectivity index (χ0) is 10.9. The predicted molar refractivity (Wildman–Crippen MR) is 48.5 cm³/mol. The molecule has 0 radical (unpaired) electrons. The third-order valence-electron chi connectivity index (χ3n) is 2.09. The maximum Gasteiger partial charge on any atom is 0.352 e. The molecule has 0 aromatic carbocycles. The van der Waals surface area contributed by atoms with Gasteiger partial charge in [-0.3, -0.25) is 4.79 Å². The summed E-state index contributed by atoms with van der Waals surface area (Å²) in [6, 6.07) is 1.43. The van der Waals surface area contributed by atoms with E-state index in [2.05, 4.69) is 4.98 Å². The smallest absolute Gasteiger partial charge is 0.352 e. The molecule has 1 heterocycles. The SMILES string of the molecule is Cc1cc(C(=O)O)[nH]c1C(C)C(=O)O. The minimum Gasteiger partial charge on any atom is -0.481 e. The molecule has 0 bridgehead atoms. The Morgan fingerprint density at radius 3 is 2.36 bits per heavy atom. The van der Waals surface area contributed by atoms with E-state index in [0.29, 0.717) is 11.3 Å². The summed E-state index contributed by atoms with van der Waals surface area (Å²) in [6.45, 7) is 3.19. The van der Waals surface area contributed by atoms with Crippen molar-refractivity contribution < 1.29 is 19.8 Å². The van der Waals surface area contributed by atoms with Gasteiger partial charge in [-0.25, -0.2) is 4.79 Å². The molecule has 5 heteroatoms. The Balaban J connectivity index is 3.10. The van der Waals surface area contributed by atoms with Gasteiger partial charge in [0.2, 0.25) is 0 Å². The summed E-state index contributed by atoms with van der Waals surface area (Å²) in [5.74, 6) is -2.79. The fourth-order valence-corrected chi connectivity index (χ4v) is 1.26. The van der Waals surface area contributed by atoms with Gasteiger partial charge in [0.25, 0.3) is 0 Å². The second-order valence-corrected chi connectivity index (χ2v) is 3.14. The first-order valence-electron chi connectivity index (χ1n) is 4.09. The molecule has 1 rings (SSSR count). The van der Waals surface area contributed by atoms with Gasteiger partial charge in [0.15, 0.2) is 0 Å². The van der Waals surface area contributed by atoms with Gasteiger partial charge >= 0.3 is 11.9 Å². The van der Waals surface area contributed by atoms with Crippen molar-refractivity contribution in [1.29, 1.82) is 0 Å². The van der Waals surface area contributed by atoms with Gasteiger partial charge in [-0.2, -0.15) is 0 Å². The minimum absolute atomic E-state index is 0.0191. The molecule has 1 unspecified atom stereocenters. The van der Waals surface area contributed by atoms with E-state index in [1.54, 1.807) is 6.92 Å². The summed E-state index contributed by atoms with van der Waals surface area (Å²) in [4.78, 5) is 23.8. The van der Waals surface area contributed by atoms with Crippen LogP contribution in [-0.4, -0.2) is 27.1 Å². The third-order valence-corrected chi connectivity index (χ3v) is 2.09. The second-order valence-electron chi connectivity index (χ2n) is 3.14. The van der Waals surface area contributed by atoms with Crippen LogP contribution >= 0.6 is 0 Å². The number of aromatic carboxylic acids is 1. The lowest BCUT2D eigenvalue weighted by Gasteiger charge is -2.04. The zero-order valence-electron chi connectivity index (χ0n) is 7.87. The Morgan fingerprint density at radius 1 is 1.43 bits per heavy atom. The summed E-state index contributed by atoms with van der Waals surface area (Å²) in [7, 11) is 0. The minimum atomic E-state index is -1.09. The molecule has 1 atom stereocenters. The van der Waals surface area contributed by atoms with Gasteiger partial charge in [-0.15, -0.1) is 0 Å². The van der Waals surface area contributed by atoms with Crippen molar-refractivity contribution in [3.05, 3.63) is 23.0 Å². The van der Waals surface area contributed by atoms with Crippen molar-refractivity contribution in [1.82, 2.24) is 4.98 Å². The van der Waals surface area contributed by atoms with Crippen LogP contribution in [0.4, 0.5) is 0 Å². The summed E-state index contributed by atoms with van der Waals surface area (Å²) in [5.41, 5.74) is 1.11. The zero-order valence-corrected chi connectivity index (χ0v) is 7.87. The fourth-order valence-electron chi connectivity index (χ4n) is 1.26. The number of aliphatic carboxylic acids is 1. The van der Waals surface area contributed by atoms with Gasteiger partial charge in [-0.05, 0) is 25.5 Å². The molecule has 0 aliphatic carbocycles. The maximum absolute atomic E-state index is 10.7. The first-order chi connectivity index (χ1) is 6.43. The van der Waals surface area contributed by atoms with Crippen LogP contribution in [0.2, 0.25) is 0 Å². The summed E-state index contributed by atoms with van der Waals surface area (Å²) >= 11 is 0. The van der Waals surface area contributed by atoms with Gasteiger partial charge in [0.1, 0.15) is 5.69 Å². The average Bonchev–Trinajstić information content (AvgIpc) is 2.46. The first kappa shape index (κ1) is 10.3. The van der Waals surface area contributed by atoms with Crippen LogP contribution in [0.1, 0.15) is 34.6 Å². The molecule has 0 aliphatic heterocycles. The van der Waals surface area contributed by atoms with E-state index in [-0.39, 0.29) is 5.69 Å². The standard InChI is InChI=1S/C9H11NO4/c1-4-3-6(9(13)14)10-7(4)5(2)8(11)12/h3,5,10H,1-2H3,(H,11,12)(H,13,14). The number of carboxylic acids is 2. The lowest BCUT2D eigenvalue weighted by Crippen LogP contribution is -2.09. The number of H-pyrrole nitrogens is 1. The number of rotatable bonds is 3. The highest BCUT2D eigenvalue weighted by Crippen LogP contribution is 2.19. The highest BCUT2D eigenvalue weighted by atomic mass is 16.4. The molecule has 14 heavy (non-hydrogen) atoms. The fraction of sp³-hybridized carbons (Fsp3) is 0.333. The van der Waals surface area contributed by atoms with Crippen molar-refractivity contribution in [3.8, 4) is 0 Å². The van der Waals surface area contributed by atoms with Gasteiger partial charge in [-0.1, -0.05) is 0 Å². The Kier molecular flexibility index (Phi) is 2.60. The number of aromatic nitrogens is 1. The Labute approximate surface area is 80.4 Å². The first-order valence-corrected chi connectivity index (χ1v) is 4.09. The monoisotopic (exact) mass is 197 g/mol. The molecule has 5 nitrogen and oxygen atoms in total. The van der Waals surface area contributed by atoms with Gasteiger partial charge in [0, 0.05) is 5.69 Å². The molecular formula is C9H11NO4. The van der Waals surface area contributed by atoms with Crippen molar-refractivity contribution in [2.45, 2.75) is 19.8 Å². The maximum atomic E-state index is 10.7. The summed E-state index contributed by atoms with van der Waals surface area (Å²) < 4.78 is 0. The number of hydrogen-bond acceptors (Lipinski definition) is 2. The molecule has 0 saturated heterocycles. The van der Waals surface area contributed by atoms with Crippen molar-refractivity contribution in [2.24, 2.45) is 0 Å². The Hall–Kier alpha value is -1.78. The number of aromatic amines is 1. The summed E-state index contributed by atoms with van der Waals surface area (Å²) in [6.07, 6.45) is 0. The van der Waals surface area contributed by atoms with Crippen molar-refractivity contribution >= 4 is 11.9 Å². The highest BCUT2D eigenvalue weighted by Gasteiger charge is 2.19. The van der Waals surface area contributed by atoms with E-state index in [1.165, 1.54) is 13.0 Å². The predicted octanol–water partition coefficient (Wildman–Crippen LogP) is 1.21. The number of nitrogens with one attached hydrogen (secondary N) is 1. The lowest BCUT2D eigenvalue weighted by molar-refractivity contribution is -0.138. The number of carbonyl (C=O) groups is 2. The molecule has 3 N–H and O–H groups in total. The van der Waals surface area contributed by atoms with E-state index in [0.717, 1.165) is 0 Å². The van der Waals surface area contributed by atoms with Crippen LogP contribution in [0.3, 0.4) is 0 Å². The second kappa shape index (κ2) is 3.53. The third kappa shape index (κ3) is 1.76. The quantitative estimate of drug-likeness (QED) is 0.679. The van der Waals surface area contributed by atoms with Crippen LogP contribution in [0.5, 0.6) is 0 Å². The molecule has 0 saturated carbocycles. The molecular weight excluding hydrogens is 186 g/mol. The van der Waals surface area contributed by atoms with Crippen LogP contribution in [-0.2, 0) is 4.79 Å². The molecule has 0 fully saturated rings. The van der Waals surface area contributed by atoms with E-state index < -0.39 is 17.9 Å². The van der Waals surface area contributed by atoms with Crippen molar-refractivity contribution in [3.63, 3.8) is 0 Å². The molecule has 0 spiro atoms. The number of hydrogen-bond donors (Lipinski definition) is 3. The van der Waals surface area contributed by atoms with E-state index >= 15 is 0 Å². The summed E-state index contributed by atoms with van der Waals surface area (Å²) in [5, 5.41) is 17.4. The van der Waals surface area contributed by atoms with Gasteiger partial charge < -0.3 is 15.2 Å². The topological polar surface area (TPSA) is 90.4 Å². The molecule has 1 aromatic rings. The lowest BCUT2D eigenvalue weighted by atomic mass is 10.1. The van der Waals surface area contributed by atoms with Gasteiger partial charge in [0.05, 0.1) is 5.92 Å². The largest absolute Gasteiger partial charge is 0.481 e. The van der Waals surface area contributed by atoms with Crippen LogP contribution in [0.15, 0.2) is 6.07 Å². The Bertz CT molecular complexity index is 380. The van der Waals surface area contributed by atoms with Crippen LogP contribution in [0, 0.1) is 6.92 Å². The molecule has 0 amide bonds. The molecule has 76 valence electrons. The molecule has 1 aromatic heterocycles. The highest BCUT2D eigenvalue weighted by molar-refractivity contribution is 5.86. The van der Waals surface area contributed by atoms with E-state index in [4.69, 9.17) is 10.2 Å². The van der Waals surface area contributed by atoms with E-state index in [9.17, 15) is 9.59 Å². The average molecular weight is 197 g/mol. The van der Waals surface area contributed by atoms with Crippen LogP contribution < -0.4 is 0 Å². The number of aryl methyl sites for hydroxylation is 1. The van der Waals surface area contributed by atoms with E-state index in [1.807, 2.05) is 0 Å².